The first kappa shape index (κ1) is 61.6. The Labute approximate surface area is 541 Å². The molecule has 0 N–H and O–H groups in total. The van der Waals surface area contributed by atoms with E-state index in [0.29, 0.717) is 0 Å². The van der Waals surface area contributed by atoms with Gasteiger partial charge >= 0.3 is 0 Å². The van der Waals surface area contributed by atoms with Gasteiger partial charge in [0.1, 0.15) is 0 Å². The molecule has 0 radical (unpaired) electrons. The summed E-state index contributed by atoms with van der Waals surface area (Å²) in [6, 6.07) is 63.8. The summed E-state index contributed by atoms with van der Waals surface area (Å²) in [7, 11) is 0. The average molecular weight is 1180 g/mol. The number of rotatable bonds is 4. The smallest absolute Gasteiger partial charge is 0.247 e. The molecule has 0 unspecified atom stereocenters. The number of hydrogen-bond donors (Lipinski definition) is 0. The van der Waals surface area contributed by atoms with Gasteiger partial charge in [0.25, 0.3) is 0 Å². The number of nitrogens with zero attached hydrogens (tertiary/aromatic N) is 2. The van der Waals surface area contributed by atoms with Crippen molar-refractivity contribution in [3.8, 4) is 33.6 Å². The van der Waals surface area contributed by atoms with Crippen LogP contribution in [0.15, 0.2) is 158 Å². The van der Waals surface area contributed by atoms with E-state index in [4.69, 9.17) is 0 Å². The van der Waals surface area contributed by atoms with Crippen molar-refractivity contribution >= 4 is 89.8 Å². The molecule has 0 saturated carbocycles. The molecule has 2 aliphatic heterocycles. The van der Waals surface area contributed by atoms with Crippen LogP contribution in [-0.4, -0.2) is 22.6 Å². The van der Waals surface area contributed by atoms with Gasteiger partial charge in [-0.05, 0) is 168 Å². The molecular formula is C86H98B2N2. The molecule has 2 aliphatic rings. The highest BCUT2D eigenvalue weighted by Gasteiger charge is 2.46. The molecule has 11 aromatic rings. The molecule has 90 heavy (non-hydrogen) atoms. The van der Waals surface area contributed by atoms with Crippen molar-refractivity contribution in [2.24, 2.45) is 0 Å². The molecule has 0 aliphatic carbocycles. The van der Waals surface area contributed by atoms with E-state index in [2.05, 4.69) is 333 Å². The summed E-state index contributed by atoms with van der Waals surface area (Å²) in [6.45, 7) is 57.6. The Morgan fingerprint density at radius 1 is 0.244 bits per heavy atom. The van der Waals surface area contributed by atoms with Crippen LogP contribution in [0.1, 0.15) is 211 Å². The van der Waals surface area contributed by atoms with Gasteiger partial charge in [-0.3, -0.25) is 0 Å². The zero-order valence-corrected chi connectivity index (χ0v) is 59.1. The summed E-state index contributed by atoms with van der Waals surface area (Å²) in [6.07, 6.45) is 0. The molecular weight excluding hydrogens is 1080 g/mol. The van der Waals surface area contributed by atoms with Crippen molar-refractivity contribution in [2.45, 2.75) is 209 Å². The van der Waals surface area contributed by atoms with Crippen molar-refractivity contribution in [2.75, 3.05) is 0 Å². The Morgan fingerprint density at radius 3 is 0.811 bits per heavy atom. The lowest BCUT2D eigenvalue weighted by Crippen LogP contribution is -2.63. The summed E-state index contributed by atoms with van der Waals surface area (Å²) in [5.41, 5.74) is 31.3. The fourth-order valence-corrected chi connectivity index (χ4v) is 15.5. The van der Waals surface area contributed by atoms with Gasteiger partial charge in [0, 0.05) is 44.0 Å². The van der Waals surface area contributed by atoms with Crippen LogP contribution in [0.2, 0.25) is 0 Å². The van der Waals surface area contributed by atoms with Crippen LogP contribution < -0.4 is 32.8 Å². The third-order valence-electron chi connectivity index (χ3n) is 20.6. The van der Waals surface area contributed by atoms with E-state index in [-0.39, 0.29) is 56.7 Å². The number of hydrogen-bond acceptors (Lipinski definition) is 0. The first-order chi connectivity index (χ1) is 41.7. The zero-order chi connectivity index (χ0) is 64.9. The highest BCUT2D eigenvalue weighted by molar-refractivity contribution is 7.00. The predicted octanol–water partition coefficient (Wildman–Crippen LogP) is 19.3. The van der Waals surface area contributed by atoms with Crippen molar-refractivity contribution in [1.82, 2.24) is 9.13 Å². The van der Waals surface area contributed by atoms with Crippen LogP contribution in [0.5, 0.6) is 0 Å². The maximum atomic E-state index is 2.73. The van der Waals surface area contributed by atoms with Gasteiger partial charge in [0.15, 0.2) is 0 Å². The van der Waals surface area contributed by atoms with Crippen LogP contribution in [-0.2, 0) is 43.3 Å². The molecule has 2 aromatic heterocycles. The van der Waals surface area contributed by atoms with Gasteiger partial charge in [-0.15, -0.1) is 0 Å². The Morgan fingerprint density at radius 2 is 0.533 bits per heavy atom. The maximum absolute atomic E-state index is 2.73. The molecule has 0 amide bonds. The summed E-state index contributed by atoms with van der Waals surface area (Å²) in [4.78, 5) is 0. The topological polar surface area (TPSA) is 9.86 Å². The van der Waals surface area contributed by atoms with Gasteiger partial charge in [-0.1, -0.05) is 298 Å². The third kappa shape index (κ3) is 9.98. The lowest BCUT2D eigenvalue weighted by atomic mass is 9.30. The Balaban J connectivity index is 1.26. The summed E-state index contributed by atoms with van der Waals surface area (Å²) < 4.78 is 5.44. The van der Waals surface area contributed by atoms with Gasteiger partial charge in [0.05, 0.1) is 11.0 Å². The van der Waals surface area contributed by atoms with Crippen molar-refractivity contribution < 1.29 is 0 Å². The molecule has 2 nitrogen and oxygen atoms in total. The van der Waals surface area contributed by atoms with E-state index < -0.39 is 0 Å². The van der Waals surface area contributed by atoms with Crippen molar-refractivity contribution in [3.63, 3.8) is 0 Å². The molecule has 0 bridgehead atoms. The Bertz CT molecular complexity index is 4370. The van der Waals surface area contributed by atoms with Crippen LogP contribution in [0.4, 0.5) is 0 Å². The summed E-state index contributed by atoms with van der Waals surface area (Å²) >= 11 is 0. The quantitative estimate of drug-likeness (QED) is 0.155. The zero-order valence-electron chi connectivity index (χ0n) is 59.1. The minimum atomic E-state index is -0.196. The second-order valence-electron chi connectivity index (χ2n) is 35.6. The van der Waals surface area contributed by atoms with Gasteiger partial charge in [-0.2, -0.15) is 0 Å². The van der Waals surface area contributed by atoms with Gasteiger partial charge in [0.2, 0.25) is 13.4 Å². The SMILES string of the molecule is CC(C)(C)c1ccc(-c2cc3c4c(c2)c2ccccc2n4-c2cc4c(cc2B3c2c(C(C)(C)C)cc(C(C)(C)C)cc2C(C)(C)C)-n2c3ccccc3c3cc(-c5ccc(C(C)(C)C)cc5)cc(c32)B4c2c(C(C)(C)C)cc(C(C)(C)C)cc2C(C)(C)C)cc1. The van der Waals surface area contributed by atoms with Crippen LogP contribution >= 0.6 is 0 Å². The van der Waals surface area contributed by atoms with E-state index in [9.17, 15) is 0 Å². The van der Waals surface area contributed by atoms with E-state index in [0.717, 1.165) is 0 Å². The van der Waals surface area contributed by atoms with Crippen molar-refractivity contribution in [3.05, 3.63) is 202 Å². The molecule has 4 heterocycles. The molecule has 0 saturated heterocycles. The van der Waals surface area contributed by atoms with Crippen LogP contribution in [0.3, 0.4) is 0 Å². The lowest BCUT2D eigenvalue weighted by molar-refractivity contribution is 0.552. The number of para-hydroxylation sites is 2. The molecule has 0 fully saturated rings. The average Bonchev–Trinajstić information content (AvgIpc) is 1.35. The van der Waals surface area contributed by atoms with E-state index in [1.165, 1.54) is 155 Å². The standard InChI is InChI=1S/C86H98B2N2/c1-79(2,3)55-37-33-51(34-38-55)53-41-61-59-29-25-27-31-71(59)89-73-50-68-74(49-67(73)87(69(43-53)77(61)89)75-63(83(13,14)15)45-57(81(7,8)9)46-64(75)84(16,17)18)90-72-32-28-26-30-60(72)62-42-54(52-35-39-56(40-36-52)80(4,5)6)44-70(78(62)90)88(68)76-65(85(19,20)21)47-58(82(10,11)12)48-66(76)86(22,23)24/h25-50H,1-24H3. The van der Waals surface area contributed by atoms with Gasteiger partial charge < -0.3 is 9.13 Å². The highest BCUT2D eigenvalue weighted by atomic mass is 15.0. The molecule has 0 atom stereocenters. The first-order valence-electron chi connectivity index (χ1n) is 33.6. The minimum Gasteiger partial charge on any atom is -0.310 e. The number of fused-ring (bicyclic) bond motifs is 10. The Hall–Kier alpha value is -7.29. The van der Waals surface area contributed by atoms with E-state index >= 15 is 0 Å². The molecule has 458 valence electrons. The lowest BCUT2D eigenvalue weighted by Gasteiger charge is -2.40. The second kappa shape index (κ2) is 20.1. The number of aromatic nitrogens is 2. The monoisotopic (exact) mass is 1180 g/mol. The maximum Gasteiger partial charge on any atom is 0.247 e. The largest absolute Gasteiger partial charge is 0.310 e. The molecule has 13 rings (SSSR count). The normalized spacial score (nSPS) is 14.2. The fraction of sp³-hybridized carbons (Fsp3) is 0.372. The summed E-state index contributed by atoms with van der Waals surface area (Å²) in [5, 5.41) is 5.17. The third-order valence-corrected chi connectivity index (χ3v) is 20.6. The Kier molecular flexibility index (Phi) is 13.8. The van der Waals surface area contributed by atoms with Crippen LogP contribution in [0, 0.1) is 0 Å². The molecule has 9 aromatic carbocycles. The van der Waals surface area contributed by atoms with Crippen molar-refractivity contribution in [1.29, 1.82) is 0 Å². The number of benzene rings is 9. The first-order valence-corrected chi connectivity index (χ1v) is 33.6. The van der Waals surface area contributed by atoms with E-state index in [1.54, 1.807) is 0 Å². The molecule has 4 heteroatoms. The second-order valence-corrected chi connectivity index (χ2v) is 35.6. The summed E-state index contributed by atoms with van der Waals surface area (Å²) in [5.74, 6) is 0. The molecule has 0 spiro atoms. The fourth-order valence-electron chi connectivity index (χ4n) is 15.5. The van der Waals surface area contributed by atoms with Crippen LogP contribution in [0.25, 0.3) is 77.2 Å². The minimum absolute atomic E-state index is 0.0388. The van der Waals surface area contributed by atoms with E-state index in [1.807, 2.05) is 0 Å². The predicted molar refractivity (Wildman–Crippen MR) is 398 cm³/mol. The van der Waals surface area contributed by atoms with Gasteiger partial charge in [-0.25, -0.2) is 0 Å². The highest BCUT2D eigenvalue weighted by Crippen LogP contribution is 2.44.